The molecule has 0 aliphatic rings. The highest BCUT2D eigenvalue weighted by Gasteiger charge is 2.11. The summed E-state index contributed by atoms with van der Waals surface area (Å²) in [7, 11) is 1.80. The highest BCUT2D eigenvalue weighted by atomic mass is 16.1. The molecule has 0 aliphatic carbocycles. The van der Waals surface area contributed by atoms with Crippen LogP contribution >= 0.6 is 0 Å². The van der Waals surface area contributed by atoms with Crippen LogP contribution in [0.4, 0.5) is 11.6 Å². The van der Waals surface area contributed by atoms with Gasteiger partial charge in [0.2, 0.25) is 0 Å². The van der Waals surface area contributed by atoms with Gasteiger partial charge in [-0.15, -0.1) is 0 Å². The molecule has 0 radical (unpaired) electrons. The second-order valence-corrected chi connectivity index (χ2v) is 5.06. The van der Waals surface area contributed by atoms with E-state index in [9.17, 15) is 4.79 Å². The van der Waals surface area contributed by atoms with Crippen molar-refractivity contribution in [2.45, 2.75) is 27.2 Å². The molecule has 1 amide bonds. The normalized spacial score (nSPS) is 10.5. The molecule has 0 saturated carbocycles. The zero-order chi connectivity index (χ0) is 15.4. The largest absolute Gasteiger partial charge is 0.370 e. The van der Waals surface area contributed by atoms with Crippen LogP contribution in [0.3, 0.4) is 0 Å². The molecule has 0 bridgehead atoms. The number of carbonyl (C=O) groups excluding carboxylic acids is 1. The Morgan fingerprint density at radius 2 is 2.00 bits per heavy atom. The van der Waals surface area contributed by atoms with Crippen LogP contribution in [-0.2, 0) is 7.05 Å². The first-order chi connectivity index (χ1) is 9.99. The van der Waals surface area contributed by atoms with Crippen molar-refractivity contribution in [3.8, 4) is 0 Å². The number of hydrogen-bond donors (Lipinski definition) is 2. The maximum atomic E-state index is 12.3. The lowest BCUT2D eigenvalue weighted by atomic mass is 10.2. The van der Waals surface area contributed by atoms with Gasteiger partial charge in [0, 0.05) is 30.9 Å². The molecular weight excluding hydrogens is 266 g/mol. The number of pyridine rings is 1. The van der Waals surface area contributed by atoms with Crippen LogP contribution in [-0.4, -0.2) is 27.2 Å². The van der Waals surface area contributed by atoms with Crippen molar-refractivity contribution in [3.63, 3.8) is 0 Å². The number of anilines is 2. The fraction of sp³-hybridized carbons (Fsp3) is 0.400. The molecule has 2 heterocycles. The smallest absolute Gasteiger partial charge is 0.257 e. The molecule has 6 heteroatoms. The first-order valence-corrected chi connectivity index (χ1v) is 7.04. The van der Waals surface area contributed by atoms with Gasteiger partial charge < -0.3 is 10.6 Å². The molecule has 21 heavy (non-hydrogen) atoms. The van der Waals surface area contributed by atoms with Crippen molar-refractivity contribution < 1.29 is 4.79 Å². The summed E-state index contributed by atoms with van der Waals surface area (Å²) in [5.41, 5.74) is 2.26. The van der Waals surface area contributed by atoms with Gasteiger partial charge in [-0.05, 0) is 32.4 Å². The Bertz CT molecular complexity index is 648. The van der Waals surface area contributed by atoms with Gasteiger partial charge in [-0.3, -0.25) is 9.48 Å². The summed E-state index contributed by atoms with van der Waals surface area (Å²) in [5.74, 6) is 1.24. The molecule has 0 aromatic carbocycles. The quantitative estimate of drug-likeness (QED) is 0.886. The molecule has 6 nitrogen and oxygen atoms in total. The summed E-state index contributed by atoms with van der Waals surface area (Å²) >= 11 is 0. The molecule has 0 aliphatic heterocycles. The van der Waals surface area contributed by atoms with E-state index in [0.29, 0.717) is 11.4 Å². The Labute approximate surface area is 124 Å². The summed E-state index contributed by atoms with van der Waals surface area (Å²) in [5, 5.41) is 10.3. The highest BCUT2D eigenvalue weighted by molar-refractivity contribution is 6.04. The lowest BCUT2D eigenvalue weighted by Gasteiger charge is -2.09. The van der Waals surface area contributed by atoms with Crippen molar-refractivity contribution >= 4 is 17.5 Å². The molecule has 0 atom stereocenters. The van der Waals surface area contributed by atoms with Gasteiger partial charge in [-0.25, -0.2) is 4.98 Å². The molecule has 0 fully saturated rings. The minimum atomic E-state index is -0.164. The monoisotopic (exact) mass is 287 g/mol. The van der Waals surface area contributed by atoms with Crippen LogP contribution in [0.15, 0.2) is 18.2 Å². The summed E-state index contributed by atoms with van der Waals surface area (Å²) in [6.45, 7) is 6.68. The average molecular weight is 287 g/mol. The minimum absolute atomic E-state index is 0.164. The Hall–Kier alpha value is -2.37. The van der Waals surface area contributed by atoms with Gasteiger partial charge in [0.05, 0.1) is 5.69 Å². The van der Waals surface area contributed by atoms with Gasteiger partial charge in [-0.1, -0.05) is 6.92 Å². The van der Waals surface area contributed by atoms with Gasteiger partial charge in [0.25, 0.3) is 5.91 Å². The minimum Gasteiger partial charge on any atom is -0.370 e. The lowest BCUT2D eigenvalue weighted by Crippen LogP contribution is -2.15. The number of hydrogen-bond acceptors (Lipinski definition) is 4. The summed E-state index contributed by atoms with van der Waals surface area (Å²) in [6, 6.07) is 5.37. The third-order valence-corrected chi connectivity index (χ3v) is 3.02. The number of nitrogens with one attached hydrogen (secondary N) is 2. The highest BCUT2D eigenvalue weighted by Crippen LogP contribution is 2.14. The van der Waals surface area contributed by atoms with Gasteiger partial charge in [0.15, 0.2) is 0 Å². The van der Waals surface area contributed by atoms with E-state index in [1.807, 2.05) is 19.9 Å². The zero-order valence-electron chi connectivity index (χ0n) is 12.9. The molecule has 2 aromatic heterocycles. The topological polar surface area (TPSA) is 71.8 Å². The van der Waals surface area contributed by atoms with Crippen molar-refractivity contribution in [2.24, 2.45) is 7.05 Å². The van der Waals surface area contributed by atoms with E-state index in [-0.39, 0.29) is 5.91 Å². The Morgan fingerprint density at radius 3 is 2.62 bits per heavy atom. The Kier molecular flexibility index (Phi) is 4.57. The van der Waals surface area contributed by atoms with E-state index in [2.05, 4.69) is 27.6 Å². The van der Waals surface area contributed by atoms with Gasteiger partial charge >= 0.3 is 0 Å². The summed E-state index contributed by atoms with van der Waals surface area (Å²) < 4.78 is 1.65. The number of rotatable bonds is 5. The maximum Gasteiger partial charge on any atom is 0.257 e. The maximum absolute atomic E-state index is 12.3. The number of amides is 1. The van der Waals surface area contributed by atoms with Crippen LogP contribution in [0, 0.1) is 13.8 Å². The lowest BCUT2D eigenvalue weighted by molar-refractivity contribution is 0.102. The van der Waals surface area contributed by atoms with Crippen LogP contribution in [0.2, 0.25) is 0 Å². The first kappa shape index (κ1) is 15.0. The molecule has 2 rings (SSSR count). The van der Waals surface area contributed by atoms with E-state index in [4.69, 9.17) is 0 Å². The van der Waals surface area contributed by atoms with Gasteiger partial charge in [0.1, 0.15) is 11.6 Å². The molecule has 0 spiro atoms. The molecule has 2 aromatic rings. The zero-order valence-corrected chi connectivity index (χ0v) is 12.9. The standard InChI is InChI=1S/C15H21N5O/c1-5-6-16-13-9-12(7-10(2)17-13)15(21)18-14-8-11(3)19-20(14)4/h7-9H,5-6H2,1-4H3,(H,16,17)(H,18,21). The molecular formula is C15H21N5O. The van der Waals surface area contributed by atoms with Crippen LogP contribution in [0.1, 0.15) is 35.1 Å². The van der Waals surface area contributed by atoms with E-state index in [0.717, 1.165) is 30.2 Å². The van der Waals surface area contributed by atoms with Gasteiger partial charge in [-0.2, -0.15) is 5.10 Å². The van der Waals surface area contributed by atoms with E-state index < -0.39 is 0 Å². The first-order valence-electron chi connectivity index (χ1n) is 7.04. The summed E-state index contributed by atoms with van der Waals surface area (Å²) in [6.07, 6.45) is 1.01. The fourth-order valence-corrected chi connectivity index (χ4v) is 2.06. The van der Waals surface area contributed by atoms with Crippen molar-refractivity contribution in [3.05, 3.63) is 35.2 Å². The Balaban J connectivity index is 2.18. The second-order valence-electron chi connectivity index (χ2n) is 5.06. The second kappa shape index (κ2) is 6.39. The summed E-state index contributed by atoms with van der Waals surface area (Å²) in [4.78, 5) is 16.7. The Morgan fingerprint density at radius 1 is 1.24 bits per heavy atom. The fourth-order valence-electron chi connectivity index (χ4n) is 2.06. The van der Waals surface area contributed by atoms with Crippen LogP contribution in [0.25, 0.3) is 0 Å². The number of nitrogens with zero attached hydrogens (tertiary/aromatic N) is 3. The number of aryl methyl sites for hydroxylation is 3. The average Bonchev–Trinajstić information content (AvgIpc) is 2.74. The van der Waals surface area contributed by atoms with Crippen molar-refractivity contribution in [2.75, 3.05) is 17.2 Å². The van der Waals surface area contributed by atoms with Crippen molar-refractivity contribution in [1.29, 1.82) is 0 Å². The predicted octanol–water partition coefficient (Wildman–Crippen LogP) is 2.51. The third-order valence-electron chi connectivity index (χ3n) is 3.02. The number of aromatic nitrogens is 3. The van der Waals surface area contributed by atoms with E-state index >= 15 is 0 Å². The predicted molar refractivity (Wildman–Crippen MR) is 83.7 cm³/mol. The molecule has 0 saturated heterocycles. The molecule has 112 valence electrons. The van der Waals surface area contributed by atoms with Crippen LogP contribution in [0.5, 0.6) is 0 Å². The third kappa shape index (κ3) is 3.81. The SMILES string of the molecule is CCCNc1cc(C(=O)Nc2cc(C)nn2C)cc(C)n1. The van der Waals surface area contributed by atoms with Crippen molar-refractivity contribution in [1.82, 2.24) is 14.8 Å². The van der Waals surface area contributed by atoms with Crippen LogP contribution < -0.4 is 10.6 Å². The number of carbonyl (C=O) groups is 1. The van der Waals surface area contributed by atoms with E-state index in [1.165, 1.54) is 0 Å². The molecule has 0 unspecified atom stereocenters. The van der Waals surface area contributed by atoms with E-state index in [1.54, 1.807) is 23.9 Å². The molecule has 2 N–H and O–H groups in total.